The molecular formula is C60H100NO7+. The predicted molar refractivity (Wildman–Crippen MR) is 289 cm³/mol. The number of rotatable bonds is 47. The Kier molecular flexibility index (Phi) is 46.5. The van der Waals surface area contributed by atoms with Crippen molar-refractivity contribution >= 4 is 17.9 Å². The summed E-state index contributed by atoms with van der Waals surface area (Å²) in [6.07, 6.45) is 68.5. The lowest BCUT2D eigenvalue weighted by molar-refractivity contribution is -0.887. The average molecular weight is 947 g/mol. The molecule has 0 aliphatic carbocycles. The summed E-state index contributed by atoms with van der Waals surface area (Å²) >= 11 is 0. The van der Waals surface area contributed by atoms with Gasteiger partial charge in [0.2, 0.25) is 0 Å². The summed E-state index contributed by atoms with van der Waals surface area (Å²) < 4.78 is 17.4. The summed E-state index contributed by atoms with van der Waals surface area (Å²) in [4.78, 5) is 37.2. The fourth-order valence-corrected chi connectivity index (χ4v) is 7.34. The van der Waals surface area contributed by atoms with Crippen LogP contribution in [0.2, 0.25) is 0 Å². The molecular weight excluding hydrogens is 847 g/mol. The summed E-state index contributed by atoms with van der Waals surface area (Å²) in [6, 6.07) is -0.626. The highest BCUT2D eigenvalue weighted by Gasteiger charge is 2.31. The number of carboxylic acids is 1. The van der Waals surface area contributed by atoms with Gasteiger partial charge in [0.15, 0.2) is 12.1 Å². The van der Waals surface area contributed by atoms with E-state index >= 15 is 0 Å². The molecule has 1 N–H and O–H groups in total. The first-order chi connectivity index (χ1) is 33.1. The van der Waals surface area contributed by atoms with E-state index in [1.165, 1.54) is 51.4 Å². The Hall–Kier alpha value is -4.01. The first-order valence-corrected chi connectivity index (χ1v) is 26.9. The molecule has 0 spiro atoms. The Balaban J connectivity index is 4.28. The van der Waals surface area contributed by atoms with Gasteiger partial charge in [-0.2, -0.15) is 0 Å². The Morgan fingerprint density at radius 3 is 1.15 bits per heavy atom. The van der Waals surface area contributed by atoms with Crippen molar-refractivity contribution in [2.24, 2.45) is 0 Å². The maximum absolute atomic E-state index is 12.8. The van der Waals surface area contributed by atoms with Gasteiger partial charge in [0.1, 0.15) is 6.61 Å². The Morgan fingerprint density at radius 2 is 0.779 bits per heavy atom. The van der Waals surface area contributed by atoms with Crippen LogP contribution in [0.3, 0.4) is 0 Å². The van der Waals surface area contributed by atoms with Crippen molar-refractivity contribution < 1.29 is 38.2 Å². The zero-order chi connectivity index (χ0) is 49.9. The SMILES string of the molecule is CC/C=C/C/C=C/C/C=C/C/C=C/C/C=C/CCCCCCCCC(=O)OC(COCCC(C(=O)O)[N+](C)(C)C)COC(=O)CCCCCCCCCCC/C=C/C/C=C/C/C=C/C/C=C/CC. The van der Waals surface area contributed by atoms with Crippen LogP contribution in [0, 0.1) is 0 Å². The highest BCUT2D eigenvalue weighted by Crippen LogP contribution is 2.14. The molecule has 68 heavy (non-hydrogen) atoms. The largest absolute Gasteiger partial charge is 0.477 e. The molecule has 2 atom stereocenters. The molecule has 0 saturated carbocycles. The standard InChI is InChI=1S/C60H99NO7/c1-6-8-10-12-14-16-18-20-22-24-26-28-30-32-34-36-38-40-42-44-46-48-50-58(62)67-55-56(54-66-53-52-57(60(64)65)61(3,4)5)68-59(63)51-49-47-45-43-41-39-37-35-33-31-29-27-25-23-21-19-17-15-13-11-9-7-2/h8-11,14-17,20-23,26-29,33,35,56-57H,6-7,12-13,18-19,24-25,30-32,34,36-55H2,1-5H3/p+1/b10-8+,11-9+,16-14+,17-15+,22-20+,23-21+,28-26+,29-27+,35-33+. The molecule has 8 nitrogen and oxygen atoms in total. The van der Waals surface area contributed by atoms with Gasteiger partial charge < -0.3 is 23.8 Å². The molecule has 0 rings (SSSR count). The molecule has 8 heteroatoms. The van der Waals surface area contributed by atoms with E-state index in [9.17, 15) is 19.5 Å². The van der Waals surface area contributed by atoms with E-state index in [2.05, 4.69) is 123 Å². The normalized spacial score (nSPS) is 13.7. The number of carboxylic acid groups (broad SMARTS) is 1. The van der Waals surface area contributed by atoms with E-state index in [0.717, 1.165) is 116 Å². The second-order valence-electron chi connectivity index (χ2n) is 18.7. The molecule has 0 radical (unpaired) electrons. The highest BCUT2D eigenvalue weighted by molar-refractivity contribution is 5.72. The Bertz CT molecular complexity index is 1470. The lowest BCUT2D eigenvalue weighted by atomic mass is 10.1. The molecule has 2 unspecified atom stereocenters. The van der Waals surface area contributed by atoms with Gasteiger partial charge >= 0.3 is 17.9 Å². The van der Waals surface area contributed by atoms with Crippen molar-refractivity contribution in [1.82, 2.24) is 0 Å². The van der Waals surface area contributed by atoms with Gasteiger partial charge in [-0.05, 0) is 96.3 Å². The van der Waals surface area contributed by atoms with E-state index in [1.54, 1.807) is 0 Å². The number of allylic oxidation sites excluding steroid dienone is 18. The number of likely N-dealkylation sites (N-methyl/N-ethyl adjacent to an activating group) is 1. The smallest absolute Gasteiger partial charge is 0.362 e. The highest BCUT2D eigenvalue weighted by atomic mass is 16.6. The topological polar surface area (TPSA) is 99.1 Å². The number of ether oxygens (including phenoxy) is 3. The number of carbonyl (C=O) groups is 3. The number of carbonyl (C=O) groups excluding carboxylic acids is 2. The number of nitrogens with zero attached hydrogens (tertiary/aromatic N) is 1. The summed E-state index contributed by atoms with van der Waals surface area (Å²) in [5, 5.41) is 9.67. The van der Waals surface area contributed by atoms with Crippen LogP contribution < -0.4 is 0 Å². The van der Waals surface area contributed by atoms with Crippen LogP contribution in [0.1, 0.15) is 200 Å². The number of quaternary nitrogens is 1. The van der Waals surface area contributed by atoms with Gasteiger partial charge in [-0.15, -0.1) is 0 Å². The average Bonchev–Trinajstić information content (AvgIpc) is 3.30. The minimum absolute atomic E-state index is 0.0465. The summed E-state index contributed by atoms with van der Waals surface area (Å²) in [5.74, 6) is -1.50. The first kappa shape index (κ1) is 64.0. The van der Waals surface area contributed by atoms with E-state index in [0.29, 0.717) is 19.3 Å². The quantitative estimate of drug-likeness (QED) is 0.0281. The van der Waals surface area contributed by atoms with Gasteiger partial charge in [-0.1, -0.05) is 194 Å². The van der Waals surface area contributed by atoms with Crippen LogP contribution in [0.4, 0.5) is 0 Å². The zero-order valence-electron chi connectivity index (χ0n) is 44.0. The van der Waals surface area contributed by atoms with Crippen molar-refractivity contribution in [3.05, 3.63) is 109 Å². The number of esters is 2. The van der Waals surface area contributed by atoms with Crippen LogP contribution in [0.15, 0.2) is 109 Å². The minimum Gasteiger partial charge on any atom is -0.477 e. The van der Waals surface area contributed by atoms with E-state index in [4.69, 9.17) is 14.2 Å². The Labute approximate surface area is 417 Å². The summed E-state index contributed by atoms with van der Waals surface area (Å²) in [6.45, 7) is 4.49. The van der Waals surface area contributed by atoms with Crippen LogP contribution >= 0.6 is 0 Å². The third-order valence-corrected chi connectivity index (χ3v) is 11.4. The van der Waals surface area contributed by atoms with Crippen molar-refractivity contribution in [2.45, 2.75) is 212 Å². The van der Waals surface area contributed by atoms with Gasteiger partial charge in [0.05, 0.1) is 34.4 Å². The molecule has 0 aliphatic heterocycles. The molecule has 0 aromatic carbocycles. The van der Waals surface area contributed by atoms with Crippen LogP contribution in [-0.2, 0) is 28.6 Å². The van der Waals surface area contributed by atoms with Crippen LogP contribution in [0.25, 0.3) is 0 Å². The van der Waals surface area contributed by atoms with E-state index in [1.807, 2.05) is 21.1 Å². The maximum atomic E-state index is 12.8. The lowest BCUT2D eigenvalue weighted by Gasteiger charge is -2.31. The maximum Gasteiger partial charge on any atom is 0.362 e. The summed E-state index contributed by atoms with van der Waals surface area (Å²) in [7, 11) is 5.52. The van der Waals surface area contributed by atoms with Crippen molar-refractivity contribution in [1.29, 1.82) is 0 Å². The molecule has 0 bridgehead atoms. The van der Waals surface area contributed by atoms with E-state index in [-0.39, 0.29) is 36.2 Å². The van der Waals surface area contributed by atoms with E-state index < -0.39 is 18.1 Å². The lowest BCUT2D eigenvalue weighted by Crippen LogP contribution is -2.50. The fourth-order valence-electron chi connectivity index (χ4n) is 7.34. The molecule has 0 fully saturated rings. The first-order valence-electron chi connectivity index (χ1n) is 26.9. The number of hydrogen-bond acceptors (Lipinski definition) is 6. The van der Waals surface area contributed by atoms with Gasteiger partial charge in [0.25, 0.3) is 0 Å². The fraction of sp³-hybridized carbons (Fsp3) is 0.650. The third kappa shape index (κ3) is 47.1. The molecule has 0 heterocycles. The minimum atomic E-state index is -0.882. The number of unbranched alkanes of at least 4 members (excludes halogenated alkanes) is 15. The Morgan fingerprint density at radius 1 is 0.441 bits per heavy atom. The molecule has 0 amide bonds. The molecule has 386 valence electrons. The second kappa shape index (κ2) is 49.4. The van der Waals surface area contributed by atoms with Crippen molar-refractivity contribution in [3.8, 4) is 0 Å². The van der Waals surface area contributed by atoms with Gasteiger partial charge in [-0.25, -0.2) is 4.79 Å². The van der Waals surface area contributed by atoms with Crippen molar-refractivity contribution in [3.63, 3.8) is 0 Å². The van der Waals surface area contributed by atoms with Crippen LogP contribution in [0.5, 0.6) is 0 Å². The van der Waals surface area contributed by atoms with Gasteiger partial charge in [-0.3, -0.25) is 9.59 Å². The molecule has 0 aromatic heterocycles. The molecule has 0 saturated heterocycles. The van der Waals surface area contributed by atoms with Crippen molar-refractivity contribution in [2.75, 3.05) is 41.0 Å². The zero-order valence-corrected chi connectivity index (χ0v) is 44.0. The second-order valence-corrected chi connectivity index (χ2v) is 18.7. The molecule has 0 aromatic rings. The van der Waals surface area contributed by atoms with Gasteiger partial charge in [0, 0.05) is 19.3 Å². The summed E-state index contributed by atoms with van der Waals surface area (Å²) in [5.41, 5.74) is 0. The third-order valence-electron chi connectivity index (χ3n) is 11.4. The predicted octanol–water partition coefficient (Wildman–Crippen LogP) is 16.0. The number of hydrogen-bond donors (Lipinski definition) is 1. The van der Waals surface area contributed by atoms with Crippen LogP contribution in [-0.4, -0.2) is 80.6 Å². The molecule has 0 aliphatic rings. The number of aliphatic carboxylic acids is 1. The monoisotopic (exact) mass is 947 g/mol.